The fourth-order valence-electron chi connectivity index (χ4n) is 2.21. The van der Waals surface area contributed by atoms with Crippen LogP contribution in [0.25, 0.3) is 0 Å². The van der Waals surface area contributed by atoms with Crippen LogP contribution in [-0.2, 0) is 4.74 Å². The Morgan fingerprint density at radius 1 is 1.27 bits per heavy atom. The summed E-state index contributed by atoms with van der Waals surface area (Å²) in [5.74, 6) is 0. The third-order valence-corrected chi connectivity index (χ3v) is 3.21. The van der Waals surface area contributed by atoms with Crippen LogP contribution in [0.1, 0.15) is 0 Å². The van der Waals surface area contributed by atoms with Gasteiger partial charge in [-0.15, -0.1) is 0 Å². The minimum absolute atomic E-state index is 0.690. The molecule has 3 saturated heterocycles. The van der Waals surface area contributed by atoms with Gasteiger partial charge in [0.05, 0.1) is 19.3 Å². The smallest absolute Gasteiger partial charge is 0.0645 e. The zero-order chi connectivity index (χ0) is 7.31. The fourth-order valence-corrected chi connectivity index (χ4v) is 2.21. The summed E-state index contributed by atoms with van der Waals surface area (Å²) in [5.41, 5.74) is 0.690. The first-order valence-electron chi connectivity index (χ1n) is 4.41. The van der Waals surface area contributed by atoms with Gasteiger partial charge in [-0.05, 0) is 0 Å². The van der Waals surface area contributed by atoms with E-state index in [1.54, 1.807) is 0 Å². The third kappa shape index (κ3) is 0.789. The van der Waals surface area contributed by atoms with Gasteiger partial charge >= 0.3 is 0 Å². The molecular formula is C8H14N2O. The highest BCUT2D eigenvalue weighted by Gasteiger charge is 2.50. The summed E-state index contributed by atoms with van der Waals surface area (Å²) < 4.78 is 5.15. The maximum absolute atomic E-state index is 5.15. The van der Waals surface area contributed by atoms with Crippen molar-refractivity contribution in [3.63, 3.8) is 0 Å². The van der Waals surface area contributed by atoms with Crippen LogP contribution in [-0.4, -0.2) is 50.3 Å². The molecule has 1 spiro atoms. The Labute approximate surface area is 66.7 Å². The first kappa shape index (κ1) is 6.40. The van der Waals surface area contributed by atoms with Gasteiger partial charge in [0.2, 0.25) is 0 Å². The van der Waals surface area contributed by atoms with Gasteiger partial charge in [-0.1, -0.05) is 0 Å². The van der Waals surface area contributed by atoms with Crippen molar-refractivity contribution in [2.75, 3.05) is 39.4 Å². The SMILES string of the molecule is C1OCC1N1CC2(CNC2)C1. The maximum Gasteiger partial charge on any atom is 0.0645 e. The summed E-state index contributed by atoms with van der Waals surface area (Å²) in [7, 11) is 0. The number of nitrogens with one attached hydrogen (secondary N) is 1. The highest BCUT2D eigenvalue weighted by Crippen LogP contribution is 2.36. The largest absolute Gasteiger partial charge is 0.378 e. The Bertz CT molecular complexity index is 167. The van der Waals surface area contributed by atoms with Crippen molar-refractivity contribution in [3.8, 4) is 0 Å². The summed E-state index contributed by atoms with van der Waals surface area (Å²) in [5, 5.41) is 3.34. The second-order valence-electron chi connectivity index (χ2n) is 4.20. The average molecular weight is 154 g/mol. The van der Waals surface area contributed by atoms with Gasteiger partial charge in [0.25, 0.3) is 0 Å². The topological polar surface area (TPSA) is 24.5 Å². The van der Waals surface area contributed by atoms with E-state index in [2.05, 4.69) is 10.2 Å². The molecular weight excluding hydrogens is 140 g/mol. The maximum atomic E-state index is 5.15. The van der Waals surface area contributed by atoms with Crippen LogP contribution in [0.3, 0.4) is 0 Å². The van der Waals surface area contributed by atoms with E-state index in [-0.39, 0.29) is 0 Å². The van der Waals surface area contributed by atoms with Crippen LogP contribution >= 0.6 is 0 Å². The normalized spacial score (nSPS) is 36.0. The predicted molar refractivity (Wildman–Crippen MR) is 41.5 cm³/mol. The first-order chi connectivity index (χ1) is 5.38. The van der Waals surface area contributed by atoms with Crippen LogP contribution in [0.5, 0.6) is 0 Å². The summed E-state index contributed by atoms with van der Waals surface area (Å²) in [6.07, 6.45) is 0. The van der Waals surface area contributed by atoms with Gasteiger partial charge in [0, 0.05) is 31.6 Å². The fraction of sp³-hybridized carbons (Fsp3) is 1.00. The molecule has 3 nitrogen and oxygen atoms in total. The lowest BCUT2D eigenvalue weighted by molar-refractivity contribution is -0.144. The molecule has 0 aliphatic carbocycles. The highest BCUT2D eigenvalue weighted by atomic mass is 16.5. The second kappa shape index (κ2) is 1.97. The molecule has 3 heteroatoms. The molecule has 0 unspecified atom stereocenters. The summed E-state index contributed by atoms with van der Waals surface area (Å²) in [6.45, 7) is 7.07. The van der Waals surface area contributed by atoms with Crippen molar-refractivity contribution in [2.45, 2.75) is 6.04 Å². The van der Waals surface area contributed by atoms with Gasteiger partial charge < -0.3 is 10.1 Å². The van der Waals surface area contributed by atoms with Crippen LogP contribution in [0.15, 0.2) is 0 Å². The molecule has 1 N–H and O–H groups in total. The van der Waals surface area contributed by atoms with Gasteiger partial charge in [-0.3, -0.25) is 4.90 Å². The van der Waals surface area contributed by atoms with Gasteiger partial charge in [0.1, 0.15) is 0 Å². The van der Waals surface area contributed by atoms with E-state index in [1.165, 1.54) is 26.2 Å². The molecule has 0 amide bonds. The summed E-state index contributed by atoms with van der Waals surface area (Å²) in [6, 6.07) is 0.765. The molecule has 0 aromatic carbocycles. The molecule has 0 radical (unpaired) electrons. The number of rotatable bonds is 1. The quantitative estimate of drug-likeness (QED) is 0.540. The summed E-state index contributed by atoms with van der Waals surface area (Å²) in [4.78, 5) is 2.56. The molecule has 3 aliphatic heterocycles. The molecule has 3 heterocycles. The molecule has 62 valence electrons. The Morgan fingerprint density at radius 2 is 2.00 bits per heavy atom. The van der Waals surface area contributed by atoms with E-state index >= 15 is 0 Å². The van der Waals surface area contributed by atoms with Gasteiger partial charge in [-0.2, -0.15) is 0 Å². The summed E-state index contributed by atoms with van der Waals surface area (Å²) >= 11 is 0. The van der Waals surface area contributed by atoms with Gasteiger partial charge in [-0.25, -0.2) is 0 Å². The zero-order valence-corrected chi connectivity index (χ0v) is 6.68. The van der Waals surface area contributed by atoms with Crippen molar-refractivity contribution in [3.05, 3.63) is 0 Å². The number of nitrogens with zero attached hydrogens (tertiary/aromatic N) is 1. The molecule has 3 rings (SSSR count). The molecule has 0 aromatic heterocycles. The van der Waals surface area contributed by atoms with E-state index in [4.69, 9.17) is 4.74 Å². The van der Waals surface area contributed by atoms with Gasteiger partial charge in [0.15, 0.2) is 0 Å². The van der Waals surface area contributed by atoms with Crippen LogP contribution in [0.4, 0.5) is 0 Å². The lowest BCUT2D eigenvalue weighted by atomic mass is 9.73. The number of ether oxygens (including phenoxy) is 1. The minimum atomic E-state index is 0.690. The van der Waals surface area contributed by atoms with Crippen LogP contribution < -0.4 is 5.32 Å². The molecule has 3 aliphatic rings. The Balaban J connectivity index is 1.55. The number of hydrogen-bond donors (Lipinski definition) is 1. The van der Waals surface area contributed by atoms with Crippen LogP contribution in [0.2, 0.25) is 0 Å². The number of hydrogen-bond acceptors (Lipinski definition) is 3. The van der Waals surface area contributed by atoms with E-state index < -0.39 is 0 Å². The van der Waals surface area contributed by atoms with Crippen molar-refractivity contribution in [1.82, 2.24) is 10.2 Å². The minimum Gasteiger partial charge on any atom is -0.378 e. The van der Waals surface area contributed by atoms with E-state index in [0.717, 1.165) is 19.3 Å². The predicted octanol–water partition coefficient (Wildman–Crippen LogP) is -0.710. The average Bonchev–Trinajstić information content (AvgIpc) is 1.66. The third-order valence-electron chi connectivity index (χ3n) is 3.21. The highest BCUT2D eigenvalue weighted by molar-refractivity contribution is 5.06. The lowest BCUT2D eigenvalue weighted by Crippen LogP contribution is -2.74. The van der Waals surface area contributed by atoms with E-state index in [0.29, 0.717) is 5.41 Å². The molecule has 0 saturated carbocycles. The molecule has 0 atom stereocenters. The Morgan fingerprint density at radius 3 is 2.36 bits per heavy atom. The van der Waals surface area contributed by atoms with Crippen molar-refractivity contribution in [1.29, 1.82) is 0 Å². The molecule has 0 aromatic rings. The monoisotopic (exact) mass is 154 g/mol. The Hall–Kier alpha value is -0.120. The van der Waals surface area contributed by atoms with Crippen molar-refractivity contribution in [2.24, 2.45) is 5.41 Å². The Kier molecular flexibility index (Phi) is 1.15. The van der Waals surface area contributed by atoms with E-state index in [1.807, 2.05) is 0 Å². The first-order valence-corrected chi connectivity index (χ1v) is 4.41. The van der Waals surface area contributed by atoms with Crippen molar-refractivity contribution < 1.29 is 4.74 Å². The zero-order valence-electron chi connectivity index (χ0n) is 6.68. The van der Waals surface area contributed by atoms with E-state index in [9.17, 15) is 0 Å². The molecule has 11 heavy (non-hydrogen) atoms. The van der Waals surface area contributed by atoms with Crippen molar-refractivity contribution >= 4 is 0 Å². The molecule has 3 fully saturated rings. The second-order valence-corrected chi connectivity index (χ2v) is 4.20. The number of likely N-dealkylation sites (tertiary alicyclic amines) is 1. The lowest BCUT2D eigenvalue weighted by Gasteiger charge is -2.59. The molecule has 0 bridgehead atoms. The van der Waals surface area contributed by atoms with Crippen LogP contribution in [0, 0.1) is 5.41 Å². The standard InChI is InChI=1S/C8H14N2O/c1-7(2-11-1)10-5-8(6-10)3-9-4-8/h7,9H,1-6H2.